The smallest absolute Gasteiger partial charge is 0.335 e. The number of rotatable bonds is 2. The van der Waals surface area contributed by atoms with Crippen LogP contribution in [0.25, 0.3) is 0 Å². The van der Waals surface area contributed by atoms with Crippen molar-refractivity contribution >= 4 is 5.91 Å². The molecule has 5 nitrogen and oxygen atoms in total. The van der Waals surface area contributed by atoms with Crippen LogP contribution in [0.15, 0.2) is 27.6 Å². The number of amides is 1. The van der Waals surface area contributed by atoms with Gasteiger partial charge in [-0.1, -0.05) is 0 Å². The Morgan fingerprint density at radius 2 is 2.38 bits per heavy atom. The maximum Gasteiger partial charge on any atom is 0.335 e. The zero-order valence-corrected chi connectivity index (χ0v) is 8.86. The second-order valence-corrected chi connectivity index (χ2v) is 3.86. The summed E-state index contributed by atoms with van der Waals surface area (Å²) in [6.45, 7) is 1.80. The van der Waals surface area contributed by atoms with Crippen LogP contribution < -0.4 is 16.3 Å². The lowest BCUT2D eigenvalue weighted by molar-refractivity contribution is 0.0928. The number of carbonyl (C=O) groups is 1. The van der Waals surface area contributed by atoms with Crippen LogP contribution in [0.3, 0.4) is 0 Å². The molecular formula is C11H14N2O3. The zero-order chi connectivity index (χ0) is 11.4. The molecule has 86 valence electrons. The average Bonchev–Trinajstić information content (AvgIpc) is 2.31. The predicted octanol–water partition coefficient (Wildman–Crippen LogP) is 0.122. The molecule has 1 fully saturated rings. The maximum atomic E-state index is 11.7. The van der Waals surface area contributed by atoms with Crippen molar-refractivity contribution in [3.8, 4) is 0 Å². The topological polar surface area (TPSA) is 71.3 Å². The van der Waals surface area contributed by atoms with E-state index in [2.05, 4.69) is 15.1 Å². The third kappa shape index (κ3) is 2.70. The van der Waals surface area contributed by atoms with Crippen LogP contribution in [0.4, 0.5) is 0 Å². The fourth-order valence-electron chi connectivity index (χ4n) is 1.73. The van der Waals surface area contributed by atoms with Crippen LogP contribution in [-0.2, 0) is 0 Å². The third-order valence-electron chi connectivity index (χ3n) is 2.60. The lowest BCUT2D eigenvalue weighted by Crippen LogP contribution is -2.45. The van der Waals surface area contributed by atoms with Gasteiger partial charge in [-0.05, 0) is 25.5 Å². The minimum absolute atomic E-state index is 0.160. The number of carbonyl (C=O) groups excluding carboxylic acids is 1. The van der Waals surface area contributed by atoms with E-state index in [0.29, 0.717) is 5.56 Å². The summed E-state index contributed by atoms with van der Waals surface area (Å²) in [5.74, 6) is -0.197. The first kappa shape index (κ1) is 10.9. The minimum atomic E-state index is -0.448. The van der Waals surface area contributed by atoms with E-state index in [9.17, 15) is 9.59 Å². The fourth-order valence-corrected chi connectivity index (χ4v) is 1.73. The van der Waals surface area contributed by atoms with Crippen LogP contribution in [-0.4, -0.2) is 25.0 Å². The second-order valence-electron chi connectivity index (χ2n) is 3.86. The van der Waals surface area contributed by atoms with Gasteiger partial charge in [-0.3, -0.25) is 4.79 Å². The Labute approximate surface area is 92.8 Å². The Balaban J connectivity index is 1.96. The molecule has 0 aromatic carbocycles. The summed E-state index contributed by atoms with van der Waals surface area (Å²) in [5.41, 5.74) is -0.0685. The molecule has 1 aromatic rings. The molecule has 1 aromatic heterocycles. The summed E-state index contributed by atoms with van der Waals surface area (Å²) < 4.78 is 4.64. The van der Waals surface area contributed by atoms with Gasteiger partial charge < -0.3 is 15.1 Å². The molecule has 1 atom stereocenters. The van der Waals surface area contributed by atoms with E-state index in [0.717, 1.165) is 25.9 Å². The van der Waals surface area contributed by atoms with Crippen LogP contribution >= 0.6 is 0 Å². The molecule has 0 aliphatic carbocycles. The summed E-state index contributed by atoms with van der Waals surface area (Å²) in [6.07, 6.45) is 3.23. The molecule has 0 bridgehead atoms. The molecule has 5 heteroatoms. The molecule has 1 saturated heterocycles. The molecule has 2 N–H and O–H groups in total. The van der Waals surface area contributed by atoms with Gasteiger partial charge in [0.25, 0.3) is 5.91 Å². The van der Waals surface area contributed by atoms with E-state index < -0.39 is 5.63 Å². The lowest BCUT2D eigenvalue weighted by Gasteiger charge is -2.23. The molecule has 1 aliphatic heterocycles. The Hall–Kier alpha value is -1.62. The monoisotopic (exact) mass is 222 g/mol. The standard InChI is InChI=1S/C11H14N2O3/c14-10-4-3-8(7-16-10)11(15)13-9-2-1-5-12-6-9/h3-4,7,9,12H,1-2,5-6H2,(H,13,15). The van der Waals surface area contributed by atoms with Crippen LogP contribution in [0, 0.1) is 0 Å². The van der Waals surface area contributed by atoms with Gasteiger partial charge in [0, 0.05) is 18.7 Å². The van der Waals surface area contributed by atoms with Crippen LogP contribution in [0.2, 0.25) is 0 Å². The Morgan fingerprint density at radius 3 is 3.00 bits per heavy atom. The van der Waals surface area contributed by atoms with Gasteiger partial charge in [0.2, 0.25) is 0 Å². The van der Waals surface area contributed by atoms with Crippen molar-refractivity contribution < 1.29 is 9.21 Å². The van der Waals surface area contributed by atoms with E-state index >= 15 is 0 Å². The molecule has 0 saturated carbocycles. The fraction of sp³-hybridized carbons (Fsp3) is 0.455. The van der Waals surface area contributed by atoms with Gasteiger partial charge in [0.15, 0.2) is 0 Å². The highest BCUT2D eigenvalue weighted by Crippen LogP contribution is 2.03. The van der Waals surface area contributed by atoms with Crippen molar-refractivity contribution in [3.63, 3.8) is 0 Å². The van der Waals surface area contributed by atoms with E-state index in [1.807, 2.05) is 0 Å². The number of nitrogens with one attached hydrogen (secondary N) is 2. The molecule has 1 amide bonds. The highest BCUT2D eigenvalue weighted by molar-refractivity contribution is 5.93. The first-order valence-corrected chi connectivity index (χ1v) is 5.36. The van der Waals surface area contributed by atoms with Crippen molar-refractivity contribution in [1.82, 2.24) is 10.6 Å². The number of piperidine rings is 1. The van der Waals surface area contributed by atoms with Crippen molar-refractivity contribution in [1.29, 1.82) is 0 Å². The number of hydrogen-bond donors (Lipinski definition) is 2. The molecule has 1 unspecified atom stereocenters. The first-order chi connectivity index (χ1) is 7.75. The minimum Gasteiger partial charge on any atom is -0.430 e. The van der Waals surface area contributed by atoms with E-state index in [1.165, 1.54) is 18.4 Å². The summed E-state index contributed by atoms with van der Waals surface area (Å²) in [5, 5.41) is 6.10. The van der Waals surface area contributed by atoms with E-state index in [-0.39, 0.29) is 11.9 Å². The van der Waals surface area contributed by atoms with Gasteiger partial charge in [-0.2, -0.15) is 0 Å². The van der Waals surface area contributed by atoms with Gasteiger partial charge in [0.1, 0.15) is 6.26 Å². The highest BCUT2D eigenvalue weighted by Gasteiger charge is 2.16. The quantitative estimate of drug-likeness (QED) is 0.745. The summed E-state index contributed by atoms with van der Waals surface area (Å²) in [7, 11) is 0. The molecular weight excluding hydrogens is 208 g/mol. The van der Waals surface area contributed by atoms with Gasteiger partial charge in [-0.15, -0.1) is 0 Å². The Bertz CT molecular complexity index is 401. The molecule has 16 heavy (non-hydrogen) atoms. The van der Waals surface area contributed by atoms with Crippen LogP contribution in [0.1, 0.15) is 23.2 Å². The average molecular weight is 222 g/mol. The predicted molar refractivity (Wildman–Crippen MR) is 58.3 cm³/mol. The molecule has 0 spiro atoms. The lowest BCUT2D eigenvalue weighted by atomic mass is 10.1. The third-order valence-corrected chi connectivity index (χ3v) is 2.60. The summed E-state index contributed by atoms with van der Waals surface area (Å²) in [4.78, 5) is 22.4. The molecule has 2 heterocycles. The van der Waals surface area contributed by atoms with Crippen molar-refractivity contribution in [3.05, 3.63) is 34.4 Å². The molecule has 1 aliphatic rings. The summed E-state index contributed by atoms with van der Waals surface area (Å²) in [6, 6.07) is 2.87. The number of hydrogen-bond acceptors (Lipinski definition) is 4. The van der Waals surface area contributed by atoms with Gasteiger partial charge >= 0.3 is 5.63 Å². The maximum absolute atomic E-state index is 11.7. The summed E-state index contributed by atoms with van der Waals surface area (Å²) >= 11 is 0. The van der Waals surface area contributed by atoms with Gasteiger partial charge in [-0.25, -0.2) is 4.79 Å². The van der Waals surface area contributed by atoms with Crippen molar-refractivity contribution in [2.45, 2.75) is 18.9 Å². The second kappa shape index (κ2) is 4.94. The first-order valence-electron chi connectivity index (χ1n) is 5.36. The van der Waals surface area contributed by atoms with Gasteiger partial charge in [0.05, 0.1) is 5.56 Å². The Kier molecular flexibility index (Phi) is 3.36. The van der Waals surface area contributed by atoms with Crippen molar-refractivity contribution in [2.75, 3.05) is 13.1 Å². The largest absolute Gasteiger partial charge is 0.430 e. The SMILES string of the molecule is O=C(NC1CCCNC1)c1ccc(=O)oc1. The van der Waals surface area contributed by atoms with Crippen molar-refractivity contribution in [2.24, 2.45) is 0 Å². The van der Waals surface area contributed by atoms with Crippen LogP contribution in [0.5, 0.6) is 0 Å². The molecule has 2 rings (SSSR count). The Morgan fingerprint density at radius 1 is 1.50 bits per heavy atom. The zero-order valence-electron chi connectivity index (χ0n) is 8.86. The van der Waals surface area contributed by atoms with E-state index in [4.69, 9.17) is 0 Å². The molecule has 0 radical (unpaired) electrons. The highest BCUT2D eigenvalue weighted by atomic mass is 16.4. The normalized spacial score (nSPS) is 20.4. The van der Waals surface area contributed by atoms with E-state index in [1.54, 1.807) is 0 Å².